The summed E-state index contributed by atoms with van der Waals surface area (Å²) in [4.78, 5) is 0. The highest BCUT2D eigenvalue weighted by Crippen LogP contribution is 2.52. The summed E-state index contributed by atoms with van der Waals surface area (Å²) in [6, 6.07) is 0. The molecule has 1 aliphatic carbocycles. The minimum atomic E-state index is -3.01. The van der Waals surface area contributed by atoms with E-state index in [2.05, 4.69) is 0 Å². The maximum atomic E-state index is 11.8. The first-order valence-corrected chi connectivity index (χ1v) is 7.16. The standard InChI is InChI=1S/C10H18O3S/c1-2-8-7-10(8,11)9-5-3-4-6-14(9,12)13/h8-9,11H,2-7H2,1H3. The van der Waals surface area contributed by atoms with Crippen LogP contribution in [0.1, 0.15) is 39.0 Å². The Morgan fingerprint density at radius 3 is 2.64 bits per heavy atom. The molecular formula is C10H18O3S. The van der Waals surface area contributed by atoms with Crippen LogP contribution < -0.4 is 0 Å². The van der Waals surface area contributed by atoms with Crippen LogP contribution in [0.15, 0.2) is 0 Å². The molecule has 3 nitrogen and oxygen atoms in total. The van der Waals surface area contributed by atoms with Crippen molar-refractivity contribution in [3.63, 3.8) is 0 Å². The molecule has 0 aromatic heterocycles. The van der Waals surface area contributed by atoms with Crippen LogP contribution in [0.25, 0.3) is 0 Å². The lowest BCUT2D eigenvalue weighted by atomic mass is 10.1. The molecule has 14 heavy (non-hydrogen) atoms. The van der Waals surface area contributed by atoms with Crippen molar-refractivity contribution in [2.75, 3.05) is 5.75 Å². The molecule has 3 atom stereocenters. The highest BCUT2D eigenvalue weighted by Gasteiger charge is 2.60. The van der Waals surface area contributed by atoms with Crippen molar-refractivity contribution in [3.8, 4) is 0 Å². The van der Waals surface area contributed by atoms with Crippen LogP contribution >= 0.6 is 0 Å². The maximum absolute atomic E-state index is 11.8. The van der Waals surface area contributed by atoms with Crippen molar-refractivity contribution in [1.82, 2.24) is 0 Å². The van der Waals surface area contributed by atoms with E-state index in [0.29, 0.717) is 12.8 Å². The average molecular weight is 218 g/mol. The van der Waals surface area contributed by atoms with Crippen molar-refractivity contribution in [3.05, 3.63) is 0 Å². The number of aliphatic hydroxyl groups is 1. The molecule has 2 rings (SSSR count). The smallest absolute Gasteiger partial charge is 0.155 e. The fourth-order valence-corrected chi connectivity index (χ4v) is 5.07. The molecule has 82 valence electrons. The predicted molar refractivity (Wildman–Crippen MR) is 54.8 cm³/mol. The van der Waals surface area contributed by atoms with Crippen LogP contribution in [0.5, 0.6) is 0 Å². The van der Waals surface area contributed by atoms with Gasteiger partial charge in [-0.2, -0.15) is 0 Å². The van der Waals surface area contributed by atoms with Crippen LogP contribution in [-0.2, 0) is 9.84 Å². The van der Waals surface area contributed by atoms with E-state index in [1.165, 1.54) is 0 Å². The zero-order valence-electron chi connectivity index (χ0n) is 8.57. The summed E-state index contributed by atoms with van der Waals surface area (Å²) in [5.74, 6) is 0.497. The second-order valence-corrected chi connectivity index (χ2v) is 6.95. The largest absolute Gasteiger partial charge is 0.388 e. The average Bonchev–Trinajstić information content (AvgIpc) is 2.77. The Hall–Kier alpha value is -0.0900. The van der Waals surface area contributed by atoms with E-state index in [0.717, 1.165) is 19.3 Å². The third-order valence-electron chi connectivity index (χ3n) is 3.75. The van der Waals surface area contributed by atoms with Crippen molar-refractivity contribution in [2.45, 2.75) is 49.9 Å². The zero-order chi connectivity index (χ0) is 10.4. The quantitative estimate of drug-likeness (QED) is 0.755. The first kappa shape index (κ1) is 10.4. The highest BCUT2D eigenvalue weighted by atomic mass is 32.2. The summed E-state index contributed by atoms with van der Waals surface area (Å²) in [7, 11) is -3.01. The van der Waals surface area contributed by atoms with Gasteiger partial charge >= 0.3 is 0 Å². The van der Waals surface area contributed by atoms with Crippen LogP contribution in [0.4, 0.5) is 0 Å². The van der Waals surface area contributed by atoms with Crippen molar-refractivity contribution in [2.24, 2.45) is 5.92 Å². The van der Waals surface area contributed by atoms with Gasteiger partial charge in [0, 0.05) is 0 Å². The molecule has 0 bridgehead atoms. The Bertz CT molecular complexity index is 322. The van der Waals surface area contributed by atoms with E-state index >= 15 is 0 Å². The summed E-state index contributed by atoms with van der Waals surface area (Å²) < 4.78 is 23.5. The number of rotatable bonds is 2. The zero-order valence-corrected chi connectivity index (χ0v) is 9.39. The molecule has 1 N–H and O–H groups in total. The van der Waals surface area contributed by atoms with E-state index in [1.807, 2.05) is 6.92 Å². The predicted octanol–water partition coefficient (Wildman–Crippen LogP) is 1.11. The van der Waals surface area contributed by atoms with Gasteiger partial charge in [0.25, 0.3) is 0 Å². The van der Waals surface area contributed by atoms with Crippen molar-refractivity contribution in [1.29, 1.82) is 0 Å². The Morgan fingerprint density at radius 2 is 2.14 bits per heavy atom. The summed E-state index contributed by atoms with van der Waals surface area (Å²) >= 11 is 0. The molecule has 1 saturated heterocycles. The first-order valence-electron chi connectivity index (χ1n) is 5.44. The van der Waals surface area contributed by atoms with Gasteiger partial charge in [-0.15, -0.1) is 0 Å². The number of hydrogen-bond donors (Lipinski definition) is 1. The van der Waals surface area contributed by atoms with Crippen LogP contribution in [0, 0.1) is 5.92 Å². The summed E-state index contributed by atoms with van der Waals surface area (Å²) in [6.45, 7) is 2.01. The molecule has 0 amide bonds. The molecule has 2 aliphatic rings. The highest BCUT2D eigenvalue weighted by molar-refractivity contribution is 7.92. The van der Waals surface area contributed by atoms with E-state index in [1.54, 1.807) is 0 Å². The van der Waals surface area contributed by atoms with E-state index in [4.69, 9.17) is 0 Å². The van der Waals surface area contributed by atoms with Crippen LogP contribution in [0.3, 0.4) is 0 Å². The molecular weight excluding hydrogens is 200 g/mol. The molecule has 0 aromatic rings. The Balaban J connectivity index is 2.18. The van der Waals surface area contributed by atoms with Gasteiger partial charge in [0.2, 0.25) is 0 Å². The summed E-state index contributed by atoms with van der Waals surface area (Å²) in [5.41, 5.74) is -0.867. The first-order chi connectivity index (χ1) is 6.50. The van der Waals surface area contributed by atoms with Gasteiger partial charge in [-0.1, -0.05) is 19.8 Å². The van der Waals surface area contributed by atoms with Gasteiger partial charge in [0.05, 0.1) is 16.6 Å². The van der Waals surface area contributed by atoms with Gasteiger partial charge < -0.3 is 5.11 Å². The van der Waals surface area contributed by atoms with Gasteiger partial charge in [-0.25, -0.2) is 8.42 Å². The maximum Gasteiger partial charge on any atom is 0.155 e. The van der Waals surface area contributed by atoms with E-state index < -0.39 is 20.7 Å². The monoisotopic (exact) mass is 218 g/mol. The number of hydrogen-bond acceptors (Lipinski definition) is 3. The number of sulfone groups is 1. The van der Waals surface area contributed by atoms with Gasteiger partial charge in [0.1, 0.15) is 0 Å². The molecule has 1 heterocycles. The minimum absolute atomic E-state index is 0.223. The van der Waals surface area contributed by atoms with Gasteiger partial charge in [-0.3, -0.25) is 0 Å². The Labute approximate surface area is 85.4 Å². The summed E-state index contributed by atoms with van der Waals surface area (Å²) in [5, 5.41) is 9.71. The third-order valence-corrected chi connectivity index (χ3v) is 6.12. The molecule has 0 radical (unpaired) electrons. The molecule has 1 saturated carbocycles. The molecule has 0 spiro atoms. The van der Waals surface area contributed by atoms with Crippen molar-refractivity contribution < 1.29 is 13.5 Å². The lowest BCUT2D eigenvalue weighted by Crippen LogP contribution is -2.41. The third kappa shape index (κ3) is 1.48. The van der Waals surface area contributed by atoms with Crippen LogP contribution in [0.2, 0.25) is 0 Å². The van der Waals surface area contributed by atoms with Crippen LogP contribution in [-0.4, -0.2) is 30.1 Å². The van der Waals surface area contributed by atoms with Crippen molar-refractivity contribution >= 4 is 9.84 Å². The fraction of sp³-hybridized carbons (Fsp3) is 1.00. The lowest BCUT2D eigenvalue weighted by molar-refractivity contribution is 0.118. The van der Waals surface area contributed by atoms with E-state index in [-0.39, 0.29) is 11.7 Å². The van der Waals surface area contributed by atoms with Gasteiger partial charge in [0.15, 0.2) is 9.84 Å². The molecule has 3 unspecified atom stereocenters. The SMILES string of the molecule is CCC1CC1(O)C1CCCCS1(=O)=O. The fourth-order valence-electron chi connectivity index (χ4n) is 2.74. The second kappa shape index (κ2) is 3.20. The topological polar surface area (TPSA) is 54.4 Å². The summed E-state index contributed by atoms with van der Waals surface area (Å²) in [6.07, 6.45) is 3.96. The normalized spacial score (nSPS) is 46.1. The second-order valence-electron chi connectivity index (χ2n) is 4.65. The van der Waals surface area contributed by atoms with Gasteiger partial charge in [-0.05, 0) is 25.2 Å². The van der Waals surface area contributed by atoms with E-state index in [9.17, 15) is 13.5 Å². The molecule has 4 heteroatoms. The Kier molecular flexibility index (Phi) is 2.39. The Morgan fingerprint density at radius 1 is 1.43 bits per heavy atom. The molecule has 2 fully saturated rings. The molecule has 0 aromatic carbocycles. The minimum Gasteiger partial charge on any atom is -0.388 e. The lowest BCUT2D eigenvalue weighted by Gasteiger charge is -2.27. The molecule has 1 aliphatic heterocycles.